The topological polar surface area (TPSA) is 42.0 Å². The van der Waals surface area contributed by atoms with Crippen LogP contribution in [0.15, 0.2) is 60.7 Å². The number of ether oxygens (including phenoxy) is 2. The molecule has 1 fully saturated rings. The lowest BCUT2D eigenvalue weighted by Crippen LogP contribution is -2.03. The minimum atomic E-state index is 0.322. The number of hydrogen-bond donors (Lipinski definition) is 1. The fraction of sp³-hybridized carbons (Fsp3) is 0.200. The second-order valence-electron chi connectivity index (χ2n) is 3.91. The number of phenolic OH excluding ortho intramolecular Hbond substituents is 1. The highest BCUT2D eigenvalue weighted by atomic mass is 16.6. The van der Waals surface area contributed by atoms with E-state index >= 15 is 0 Å². The van der Waals surface area contributed by atoms with Crippen molar-refractivity contribution in [2.24, 2.45) is 0 Å². The summed E-state index contributed by atoms with van der Waals surface area (Å²) in [5.41, 5.74) is 0. The van der Waals surface area contributed by atoms with Gasteiger partial charge < -0.3 is 14.6 Å². The Balaban J connectivity index is 0.000000149. The highest BCUT2D eigenvalue weighted by Crippen LogP contribution is 2.13. The van der Waals surface area contributed by atoms with E-state index in [2.05, 4.69) is 0 Å². The molecule has 0 aliphatic carbocycles. The molecule has 94 valence electrons. The molecule has 2 aromatic carbocycles. The van der Waals surface area contributed by atoms with E-state index in [1.807, 2.05) is 36.4 Å². The maximum atomic E-state index is 8.63. The van der Waals surface area contributed by atoms with Crippen LogP contribution in [-0.4, -0.2) is 24.4 Å². The molecule has 3 rings (SSSR count). The third kappa shape index (κ3) is 4.89. The van der Waals surface area contributed by atoms with Gasteiger partial charge in [0.25, 0.3) is 0 Å². The lowest BCUT2D eigenvalue weighted by atomic mass is 10.3. The van der Waals surface area contributed by atoms with E-state index in [0.29, 0.717) is 18.5 Å². The average molecular weight is 244 g/mol. The summed E-state index contributed by atoms with van der Waals surface area (Å²) in [5, 5.41) is 8.63. The maximum Gasteiger partial charge on any atom is 0.119 e. The molecule has 1 unspecified atom stereocenters. The van der Waals surface area contributed by atoms with Crippen LogP contribution in [0.3, 0.4) is 0 Å². The lowest BCUT2D eigenvalue weighted by Gasteiger charge is -2.01. The Bertz CT molecular complexity index is 438. The number of aromatic hydroxyl groups is 1. The van der Waals surface area contributed by atoms with Gasteiger partial charge in [-0.1, -0.05) is 36.4 Å². The van der Waals surface area contributed by atoms with Gasteiger partial charge in [0, 0.05) is 0 Å². The summed E-state index contributed by atoms with van der Waals surface area (Å²) in [6.07, 6.45) is 0.343. The molecular weight excluding hydrogens is 228 g/mol. The van der Waals surface area contributed by atoms with Crippen LogP contribution in [0.4, 0.5) is 0 Å². The van der Waals surface area contributed by atoms with E-state index in [9.17, 15) is 0 Å². The summed E-state index contributed by atoms with van der Waals surface area (Å²) in [6, 6.07) is 18.5. The van der Waals surface area contributed by atoms with Crippen LogP contribution < -0.4 is 4.74 Å². The molecule has 0 aromatic heterocycles. The summed E-state index contributed by atoms with van der Waals surface area (Å²) in [5.74, 6) is 1.24. The number of epoxide rings is 1. The number of rotatable bonds is 3. The fourth-order valence-corrected chi connectivity index (χ4v) is 1.30. The van der Waals surface area contributed by atoms with E-state index in [4.69, 9.17) is 14.6 Å². The molecule has 1 heterocycles. The van der Waals surface area contributed by atoms with E-state index in [0.717, 1.165) is 12.4 Å². The maximum absolute atomic E-state index is 8.63. The first-order valence-electron chi connectivity index (χ1n) is 5.88. The second kappa shape index (κ2) is 6.67. The van der Waals surface area contributed by atoms with Gasteiger partial charge in [0.15, 0.2) is 0 Å². The predicted octanol–water partition coefficient (Wildman–Crippen LogP) is 2.86. The molecule has 1 aliphatic rings. The van der Waals surface area contributed by atoms with Crippen LogP contribution in [0.5, 0.6) is 11.5 Å². The first-order chi connectivity index (χ1) is 8.84. The van der Waals surface area contributed by atoms with E-state index in [1.165, 1.54) is 0 Å². The standard InChI is InChI=1S/C9H10O2.C6H6O/c1-2-4-8(5-3-1)10-6-9-7-11-9;7-6-4-2-1-3-5-6/h1-5,9H,6-7H2;1-5,7H. The zero-order valence-corrected chi connectivity index (χ0v) is 10.0. The number of para-hydroxylation sites is 2. The largest absolute Gasteiger partial charge is 0.508 e. The fourth-order valence-electron chi connectivity index (χ4n) is 1.30. The summed E-state index contributed by atoms with van der Waals surface area (Å²) in [4.78, 5) is 0. The number of hydrogen-bond acceptors (Lipinski definition) is 3. The van der Waals surface area contributed by atoms with Crippen LogP contribution in [0.2, 0.25) is 0 Å². The van der Waals surface area contributed by atoms with Gasteiger partial charge in [0.1, 0.15) is 24.2 Å². The molecule has 0 saturated carbocycles. The predicted molar refractivity (Wildman–Crippen MR) is 69.8 cm³/mol. The van der Waals surface area contributed by atoms with Crippen molar-refractivity contribution in [3.63, 3.8) is 0 Å². The minimum absolute atomic E-state index is 0.322. The van der Waals surface area contributed by atoms with Gasteiger partial charge in [-0.15, -0.1) is 0 Å². The van der Waals surface area contributed by atoms with Crippen LogP contribution in [0.25, 0.3) is 0 Å². The van der Waals surface area contributed by atoms with Gasteiger partial charge in [-0.05, 0) is 24.3 Å². The van der Waals surface area contributed by atoms with Crippen LogP contribution in [-0.2, 0) is 4.74 Å². The molecule has 1 atom stereocenters. The first kappa shape index (κ1) is 12.5. The van der Waals surface area contributed by atoms with Gasteiger partial charge in [0.05, 0.1) is 6.61 Å². The van der Waals surface area contributed by atoms with E-state index < -0.39 is 0 Å². The van der Waals surface area contributed by atoms with Crippen molar-refractivity contribution in [1.82, 2.24) is 0 Å². The minimum Gasteiger partial charge on any atom is -0.508 e. The Labute approximate surface area is 107 Å². The van der Waals surface area contributed by atoms with Crippen molar-refractivity contribution in [2.75, 3.05) is 13.2 Å². The van der Waals surface area contributed by atoms with Crippen molar-refractivity contribution in [3.8, 4) is 11.5 Å². The molecule has 1 saturated heterocycles. The molecule has 1 N–H and O–H groups in total. The van der Waals surface area contributed by atoms with Crippen molar-refractivity contribution < 1.29 is 14.6 Å². The zero-order chi connectivity index (χ0) is 12.6. The smallest absolute Gasteiger partial charge is 0.119 e. The second-order valence-corrected chi connectivity index (χ2v) is 3.91. The van der Waals surface area contributed by atoms with Crippen molar-refractivity contribution in [1.29, 1.82) is 0 Å². The highest BCUT2D eigenvalue weighted by molar-refractivity contribution is 5.21. The third-order valence-corrected chi connectivity index (χ3v) is 2.34. The number of benzene rings is 2. The molecule has 2 aromatic rings. The molecule has 0 radical (unpaired) electrons. The van der Waals surface area contributed by atoms with Crippen LogP contribution >= 0.6 is 0 Å². The zero-order valence-electron chi connectivity index (χ0n) is 10.0. The molecule has 3 heteroatoms. The van der Waals surface area contributed by atoms with E-state index in [-0.39, 0.29) is 0 Å². The van der Waals surface area contributed by atoms with Crippen molar-refractivity contribution in [3.05, 3.63) is 60.7 Å². The SMILES string of the molecule is Oc1ccccc1.c1ccc(OCC2CO2)cc1. The van der Waals surface area contributed by atoms with Gasteiger partial charge in [0.2, 0.25) is 0 Å². The van der Waals surface area contributed by atoms with Gasteiger partial charge in [-0.3, -0.25) is 0 Å². The number of phenols is 1. The monoisotopic (exact) mass is 244 g/mol. The molecule has 0 amide bonds. The Kier molecular flexibility index (Phi) is 4.61. The van der Waals surface area contributed by atoms with Crippen LogP contribution in [0, 0.1) is 0 Å². The normalized spacial score (nSPS) is 16.3. The van der Waals surface area contributed by atoms with Gasteiger partial charge in [-0.25, -0.2) is 0 Å². The molecule has 0 bridgehead atoms. The quantitative estimate of drug-likeness (QED) is 0.844. The average Bonchev–Trinajstić information content (AvgIpc) is 3.23. The van der Waals surface area contributed by atoms with Gasteiger partial charge >= 0.3 is 0 Å². The molecule has 18 heavy (non-hydrogen) atoms. The van der Waals surface area contributed by atoms with E-state index in [1.54, 1.807) is 24.3 Å². The van der Waals surface area contributed by atoms with Crippen LogP contribution in [0.1, 0.15) is 0 Å². The Hall–Kier alpha value is -2.00. The molecular formula is C15H16O3. The Morgan fingerprint density at radius 3 is 2.00 bits per heavy atom. The molecule has 3 nitrogen and oxygen atoms in total. The third-order valence-electron chi connectivity index (χ3n) is 2.34. The Morgan fingerprint density at radius 2 is 1.56 bits per heavy atom. The summed E-state index contributed by atoms with van der Waals surface area (Å²) in [7, 11) is 0. The van der Waals surface area contributed by atoms with Crippen molar-refractivity contribution in [2.45, 2.75) is 6.10 Å². The lowest BCUT2D eigenvalue weighted by molar-refractivity contribution is 0.263. The summed E-state index contributed by atoms with van der Waals surface area (Å²) < 4.78 is 10.4. The Morgan fingerprint density at radius 1 is 1.00 bits per heavy atom. The molecule has 0 spiro atoms. The molecule has 1 aliphatic heterocycles. The van der Waals surface area contributed by atoms with Crippen molar-refractivity contribution >= 4 is 0 Å². The first-order valence-corrected chi connectivity index (χ1v) is 5.88. The summed E-state index contributed by atoms with van der Waals surface area (Å²) in [6.45, 7) is 1.54. The highest BCUT2D eigenvalue weighted by Gasteiger charge is 2.22. The van der Waals surface area contributed by atoms with Gasteiger partial charge in [-0.2, -0.15) is 0 Å². The summed E-state index contributed by atoms with van der Waals surface area (Å²) >= 11 is 0.